The largest absolute Gasteiger partial charge is 0.395 e. The maximum atomic E-state index is 11.7. The molecule has 0 bridgehead atoms. The van der Waals surface area contributed by atoms with Gasteiger partial charge in [-0.3, -0.25) is 9.00 Å². The van der Waals surface area contributed by atoms with Crippen molar-refractivity contribution in [2.24, 2.45) is 0 Å². The molecular weight excluding hydrogens is 266 g/mol. The van der Waals surface area contributed by atoms with E-state index < -0.39 is 10.8 Å². The van der Waals surface area contributed by atoms with Gasteiger partial charge in [-0.25, -0.2) is 0 Å². The summed E-state index contributed by atoms with van der Waals surface area (Å²) in [4.78, 5) is 13.0. The summed E-state index contributed by atoms with van der Waals surface area (Å²) in [6.07, 6.45) is 5.50. The van der Waals surface area contributed by atoms with Gasteiger partial charge < -0.3 is 15.1 Å². The number of unbranched alkanes of at least 4 members (excludes halogenated alkanes) is 3. The second-order valence-corrected chi connectivity index (χ2v) is 5.66. The van der Waals surface area contributed by atoms with Gasteiger partial charge in [-0.2, -0.15) is 0 Å². The Labute approximate surface area is 117 Å². The molecule has 2 N–H and O–H groups in total. The normalized spacial score (nSPS) is 12.8. The molecule has 5 nitrogen and oxygen atoms in total. The third-order valence-electron chi connectivity index (χ3n) is 2.61. The van der Waals surface area contributed by atoms with Gasteiger partial charge in [-0.15, -0.1) is 0 Å². The van der Waals surface area contributed by atoms with E-state index in [9.17, 15) is 9.00 Å². The van der Waals surface area contributed by atoms with Crippen molar-refractivity contribution in [3.8, 4) is 0 Å². The SMILES string of the molecule is CCCCCCS(=O)C=CC(=O)N(CCO)CCO. The van der Waals surface area contributed by atoms with E-state index in [4.69, 9.17) is 10.2 Å². The molecular formula is C13H25NO4S. The lowest BCUT2D eigenvalue weighted by molar-refractivity contribution is -0.127. The smallest absolute Gasteiger partial charge is 0.247 e. The van der Waals surface area contributed by atoms with Crippen LogP contribution in [0.2, 0.25) is 0 Å². The van der Waals surface area contributed by atoms with Crippen molar-refractivity contribution in [2.75, 3.05) is 32.1 Å². The summed E-state index contributed by atoms with van der Waals surface area (Å²) in [6.45, 7) is 2.16. The first-order valence-electron chi connectivity index (χ1n) is 6.71. The van der Waals surface area contributed by atoms with E-state index in [1.165, 1.54) is 16.4 Å². The average molecular weight is 291 g/mol. The monoisotopic (exact) mass is 291 g/mol. The predicted octanol–water partition coefficient (Wildman–Crippen LogP) is 0.642. The van der Waals surface area contributed by atoms with Crippen molar-refractivity contribution in [3.05, 3.63) is 11.5 Å². The van der Waals surface area contributed by atoms with Gasteiger partial charge in [0.25, 0.3) is 0 Å². The number of nitrogens with zero attached hydrogens (tertiary/aromatic N) is 1. The fourth-order valence-electron chi connectivity index (χ4n) is 1.55. The summed E-state index contributed by atoms with van der Waals surface area (Å²) >= 11 is 0. The topological polar surface area (TPSA) is 77.8 Å². The number of amides is 1. The van der Waals surface area contributed by atoms with Gasteiger partial charge in [-0.05, 0) is 6.42 Å². The molecule has 0 radical (unpaired) electrons. The molecule has 0 fully saturated rings. The summed E-state index contributed by atoms with van der Waals surface area (Å²) in [7, 11) is -1.12. The van der Waals surface area contributed by atoms with Crippen molar-refractivity contribution in [3.63, 3.8) is 0 Å². The van der Waals surface area contributed by atoms with Crippen molar-refractivity contribution in [2.45, 2.75) is 32.6 Å². The quantitative estimate of drug-likeness (QED) is 0.433. The van der Waals surface area contributed by atoms with Crippen molar-refractivity contribution in [1.29, 1.82) is 0 Å². The lowest BCUT2D eigenvalue weighted by atomic mass is 10.2. The summed E-state index contributed by atoms with van der Waals surface area (Å²) in [5.41, 5.74) is 0. The lowest BCUT2D eigenvalue weighted by Gasteiger charge is -2.18. The number of aliphatic hydroxyl groups is 2. The molecule has 0 aromatic rings. The molecule has 1 atom stereocenters. The predicted molar refractivity (Wildman–Crippen MR) is 77.0 cm³/mol. The van der Waals surface area contributed by atoms with Gasteiger partial charge in [0.2, 0.25) is 5.91 Å². The Balaban J connectivity index is 4.06. The molecule has 0 rings (SSSR count). The summed E-state index contributed by atoms with van der Waals surface area (Å²) < 4.78 is 11.6. The maximum Gasteiger partial charge on any atom is 0.247 e. The number of aliphatic hydroxyl groups excluding tert-OH is 2. The minimum Gasteiger partial charge on any atom is -0.395 e. The van der Waals surface area contributed by atoms with Crippen LogP contribution in [-0.2, 0) is 15.6 Å². The van der Waals surface area contributed by atoms with E-state index in [1.54, 1.807) is 0 Å². The third kappa shape index (κ3) is 9.81. The fourth-order valence-corrected chi connectivity index (χ4v) is 2.45. The first-order valence-corrected chi connectivity index (χ1v) is 8.09. The van der Waals surface area contributed by atoms with Crippen molar-refractivity contribution < 1.29 is 19.2 Å². The van der Waals surface area contributed by atoms with E-state index in [2.05, 4.69) is 6.92 Å². The Hall–Kier alpha value is -0.720. The fraction of sp³-hybridized carbons (Fsp3) is 0.769. The Morgan fingerprint density at radius 1 is 1.16 bits per heavy atom. The number of carbonyl (C=O) groups is 1. The Morgan fingerprint density at radius 2 is 1.79 bits per heavy atom. The summed E-state index contributed by atoms with van der Waals surface area (Å²) in [5.74, 6) is 0.244. The van der Waals surface area contributed by atoms with Gasteiger partial charge in [-0.1, -0.05) is 26.2 Å². The van der Waals surface area contributed by atoms with Crippen LogP contribution in [0.25, 0.3) is 0 Å². The number of carbonyl (C=O) groups excluding carboxylic acids is 1. The molecule has 0 heterocycles. The van der Waals surface area contributed by atoms with Crippen LogP contribution in [0, 0.1) is 0 Å². The van der Waals surface area contributed by atoms with Crippen LogP contribution in [0.4, 0.5) is 0 Å². The molecule has 0 saturated carbocycles. The molecule has 0 aliphatic rings. The highest BCUT2D eigenvalue weighted by atomic mass is 32.2. The van der Waals surface area contributed by atoms with E-state index in [0.29, 0.717) is 5.75 Å². The van der Waals surface area contributed by atoms with Crippen LogP contribution < -0.4 is 0 Å². The number of hydrogen-bond donors (Lipinski definition) is 2. The second-order valence-electron chi connectivity index (χ2n) is 4.22. The number of rotatable bonds is 11. The highest BCUT2D eigenvalue weighted by Crippen LogP contribution is 2.01. The highest BCUT2D eigenvalue weighted by molar-refractivity contribution is 7.87. The molecule has 1 amide bonds. The zero-order valence-corrected chi connectivity index (χ0v) is 12.4. The third-order valence-corrected chi connectivity index (χ3v) is 3.74. The van der Waals surface area contributed by atoms with E-state index >= 15 is 0 Å². The van der Waals surface area contributed by atoms with Crippen LogP contribution >= 0.6 is 0 Å². The zero-order valence-electron chi connectivity index (χ0n) is 11.6. The first kappa shape index (κ1) is 18.3. The zero-order chi connectivity index (χ0) is 14.5. The molecule has 112 valence electrons. The first-order chi connectivity index (χ1) is 9.15. The van der Waals surface area contributed by atoms with Gasteiger partial charge in [0.15, 0.2) is 0 Å². The Morgan fingerprint density at radius 3 is 2.32 bits per heavy atom. The van der Waals surface area contributed by atoms with E-state index in [1.807, 2.05) is 0 Å². The van der Waals surface area contributed by atoms with E-state index in [-0.39, 0.29) is 32.2 Å². The second kappa shape index (κ2) is 12.3. The summed E-state index contributed by atoms with van der Waals surface area (Å²) in [5, 5.41) is 19.0. The minimum atomic E-state index is -1.12. The molecule has 0 saturated heterocycles. The van der Waals surface area contributed by atoms with Gasteiger partial charge in [0, 0.05) is 41.1 Å². The molecule has 19 heavy (non-hydrogen) atoms. The molecule has 0 aliphatic carbocycles. The maximum absolute atomic E-state index is 11.7. The van der Waals surface area contributed by atoms with Gasteiger partial charge >= 0.3 is 0 Å². The van der Waals surface area contributed by atoms with Crippen LogP contribution in [0.5, 0.6) is 0 Å². The molecule has 6 heteroatoms. The molecule has 0 spiro atoms. The number of hydrogen-bond acceptors (Lipinski definition) is 4. The molecule has 1 unspecified atom stereocenters. The molecule has 0 aliphatic heterocycles. The van der Waals surface area contributed by atoms with Gasteiger partial charge in [0.05, 0.1) is 13.2 Å². The summed E-state index contributed by atoms with van der Waals surface area (Å²) in [6, 6.07) is 0. The van der Waals surface area contributed by atoms with Crippen molar-refractivity contribution in [1.82, 2.24) is 4.90 Å². The molecule has 0 aromatic heterocycles. The van der Waals surface area contributed by atoms with E-state index in [0.717, 1.165) is 25.7 Å². The van der Waals surface area contributed by atoms with Gasteiger partial charge in [0.1, 0.15) is 0 Å². The van der Waals surface area contributed by atoms with Crippen molar-refractivity contribution >= 4 is 16.7 Å². The Kier molecular flexibility index (Phi) is 11.9. The molecule has 0 aromatic carbocycles. The average Bonchev–Trinajstić information content (AvgIpc) is 2.40. The van der Waals surface area contributed by atoms with Crippen LogP contribution in [0.3, 0.4) is 0 Å². The lowest BCUT2D eigenvalue weighted by Crippen LogP contribution is -2.34. The van der Waals surface area contributed by atoms with Crippen LogP contribution in [-0.4, -0.2) is 57.3 Å². The van der Waals surface area contributed by atoms with Crippen LogP contribution in [0.15, 0.2) is 11.5 Å². The van der Waals surface area contributed by atoms with Crippen LogP contribution in [0.1, 0.15) is 32.6 Å². The highest BCUT2D eigenvalue weighted by Gasteiger charge is 2.09. The minimum absolute atomic E-state index is 0.153. The standard InChI is InChI=1S/C13H25NO4S/c1-2-3-4-5-11-19(18)12-6-13(17)14(7-9-15)8-10-16/h6,12,15-16H,2-5,7-11H2,1H3. The Bertz CT molecular complexity index is 288.